The number of hydrogen-bond donors (Lipinski definition) is 1. The number of amides is 1. The van der Waals surface area contributed by atoms with E-state index >= 15 is 0 Å². The molecule has 164 valence electrons. The van der Waals surface area contributed by atoms with Crippen molar-refractivity contribution < 1.29 is 4.79 Å². The largest absolute Gasteiger partial charge is 0.354 e. The lowest BCUT2D eigenvalue weighted by molar-refractivity contribution is -0.121. The number of carbonyl (C=O) groups is 1. The van der Waals surface area contributed by atoms with Gasteiger partial charge in [-0.2, -0.15) is 0 Å². The van der Waals surface area contributed by atoms with E-state index in [1.807, 2.05) is 39.0 Å². The second-order valence-corrected chi connectivity index (χ2v) is 8.20. The van der Waals surface area contributed by atoms with Crippen LogP contribution < -0.4 is 16.6 Å². The number of aromatic nitrogens is 3. The van der Waals surface area contributed by atoms with Crippen molar-refractivity contribution in [2.24, 2.45) is 14.1 Å². The van der Waals surface area contributed by atoms with Crippen molar-refractivity contribution in [1.29, 1.82) is 0 Å². The maximum atomic E-state index is 12.7. The summed E-state index contributed by atoms with van der Waals surface area (Å²) in [5, 5.41) is 3.50. The van der Waals surface area contributed by atoms with Crippen molar-refractivity contribution >= 4 is 16.9 Å². The number of benzene rings is 1. The van der Waals surface area contributed by atoms with E-state index in [1.165, 1.54) is 17.2 Å². The predicted octanol–water partition coefficient (Wildman–Crippen LogP) is 2.32. The molecule has 7 nitrogen and oxygen atoms in total. The molecule has 2 heterocycles. The molecule has 7 heteroatoms. The highest BCUT2D eigenvalue weighted by molar-refractivity contribution is 5.80. The smallest absolute Gasteiger partial charge is 0.332 e. The van der Waals surface area contributed by atoms with Gasteiger partial charge in [-0.15, -0.1) is 0 Å². The number of fused-ring (bicyclic) bond motifs is 1. The highest BCUT2D eigenvalue weighted by Gasteiger charge is 2.18. The van der Waals surface area contributed by atoms with E-state index in [9.17, 15) is 14.4 Å². The Hall–Kier alpha value is -3.22. The summed E-state index contributed by atoms with van der Waals surface area (Å²) >= 11 is 0. The van der Waals surface area contributed by atoms with Gasteiger partial charge < -0.3 is 5.32 Å². The van der Waals surface area contributed by atoms with E-state index < -0.39 is 5.69 Å². The van der Waals surface area contributed by atoms with Gasteiger partial charge >= 0.3 is 5.69 Å². The highest BCUT2D eigenvalue weighted by Crippen LogP contribution is 2.20. The molecule has 0 saturated carbocycles. The predicted molar refractivity (Wildman–Crippen MR) is 122 cm³/mol. The molecule has 0 radical (unpaired) electrons. The Morgan fingerprint density at radius 1 is 1.06 bits per heavy atom. The molecular weight excluding hydrogens is 392 g/mol. The van der Waals surface area contributed by atoms with Crippen LogP contribution in [0.15, 0.2) is 39.9 Å². The Morgan fingerprint density at radius 3 is 2.42 bits per heavy atom. The molecule has 0 bridgehead atoms. The first-order valence-electron chi connectivity index (χ1n) is 10.6. The highest BCUT2D eigenvalue weighted by atomic mass is 16.2. The number of hydrogen-bond acceptors (Lipinski definition) is 4. The van der Waals surface area contributed by atoms with E-state index in [-0.39, 0.29) is 17.5 Å². The molecule has 0 saturated heterocycles. The first-order valence-corrected chi connectivity index (χ1v) is 10.6. The van der Waals surface area contributed by atoms with Gasteiger partial charge in [-0.1, -0.05) is 30.3 Å². The van der Waals surface area contributed by atoms with Crippen LogP contribution in [0.25, 0.3) is 11.0 Å². The fourth-order valence-electron chi connectivity index (χ4n) is 4.00. The minimum atomic E-state index is -0.402. The Morgan fingerprint density at radius 2 is 1.74 bits per heavy atom. The first-order chi connectivity index (χ1) is 14.7. The summed E-state index contributed by atoms with van der Waals surface area (Å²) in [7, 11) is 3.08. The Bertz CT molecular complexity index is 1230. The molecule has 1 aromatic carbocycles. The van der Waals surface area contributed by atoms with Crippen molar-refractivity contribution in [3.63, 3.8) is 0 Å². The van der Waals surface area contributed by atoms with Crippen LogP contribution in [-0.4, -0.2) is 26.1 Å². The summed E-state index contributed by atoms with van der Waals surface area (Å²) in [6.07, 6.45) is 2.59. The van der Waals surface area contributed by atoms with Gasteiger partial charge in [-0.25, -0.2) is 9.78 Å². The van der Waals surface area contributed by atoms with Gasteiger partial charge in [0.2, 0.25) is 5.91 Å². The molecule has 1 atom stereocenters. The summed E-state index contributed by atoms with van der Waals surface area (Å²) in [6.45, 7) is 5.72. The van der Waals surface area contributed by atoms with Crippen LogP contribution in [0.1, 0.15) is 42.1 Å². The van der Waals surface area contributed by atoms with Crippen LogP contribution in [0, 0.1) is 13.8 Å². The molecule has 31 heavy (non-hydrogen) atoms. The molecule has 0 fully saturated rings. The second kappa shape index (κ2) is 9.29. The van der Waals surface area contributed by atoms with Gasteiger partial charge in [-0.3, -0.25) is 18.7 Å². The van der Waals surface area contributed by atoms with Gasteiger partial charge in [0.25, 0.3) is 5.56 Å². The standard InChI is InChI=1S/C24H30N4O3/c1-15(11-12-18-9-7-6-8-10-18)25-20(29)14-13-19-16(2)21-22(26-17(19)3)27(4)24(31)28(5)23(21)30/h6-10,15H,11-14H2,1-5H3,(H,25,29)/t15-/m1/s1. The number of carbonyl (C=O) groups excluding carboxylic acids is 1. The summed E-state index contributed by atoms with van der Waals surface area (Å²) in [5.74, 6) is -0.0205. The van der Waals surface area contributed by atoms with E-state index in [1.54, 1.807) is 7.05 Å². The van der Waals surface area contributed by atoms with Gasteiger partial charge in [0.05, 0.1) is 5.39 Å². The Labute approximate surface area is 181 Å². The zero-order valence-electron chi connectivity index (χ0n) is 18.9. The monoisotopic (exact) mass is 422 g/mol. The minimum Gasteiger partial charge on any atom is -0.354 e. The maximum Gasteiger partial charge on any atom is 0.332 e. The van der Waals surface area contributed by atoms with Crippen LogP contribution in [0.3, 0.4) is 0 Å². The van der Waals surface area contributed by atoms with Crippen LogP contribution in [-0.2, 0) is 31.7 Å². The molecule has 0 spiro atoms. The van der Waals surface area contributed by atoms with Crippen LogP contribution >= 0.6 is 0 Å². The molecule has 2 aromatic heterocycles. The summed E-state index contributed by atoms with van der Waals surface area (Å²) < 4.78 is 2.49. The number of pyridine rings is 1. The fourth-order valence-corrected chi connectivity index (χ4v) is 4.00. The molecule has 1 amide bonds. The third-order valence-corrected chi connectivity index (χ3v) is 5.89. The van der Waals surface area contributed by atoms with Crippen LogP contribution in [0.5, 0.6) is 0 Å². The normalized spacial score (nSPS) is 12.2. The summed E-state index contributed by atoms with van der Waals surface area (Å²) in [6, 6.07) is 10.3. The van der Waals surface area contributed by atoms with Crippen molar-refractivity contribution in [3.05, 3.63) is 73.6 Å². The van der Waals surface area contributed by atoms with E-state index in [4.69, 9.17) is 0 Å². The quantitative estimate of drug-likeness (QED) is 0.633. The molecule has 0 aliphatic heterocycles. The van der Waals surface area contributed by atoms with Gasteiger partial charge in [-0.05, 0) is 56.7 Å². The molecule has 3 rings (SSSR count). The van der Waals surface area contributed by atoms with Crippen LogP contribution in [0.4, 0.5) is 0 Å². The molecule has 0 aliphatic carbocycles. The van der Waals surface area contributed by atoms with Crippen molar-refractivity contribution in [2.75, 3.05) is 0 Å². The Balaban J connectivity index is 1.71. The van der Waals surface area contributed by atoms with Gasteiger partial charge in [0, 0.05) is 32.3 Å². The number of aryl methyl sites for hydroxylation is 4. The van der Waals surface area contributed by atoms with E-state index in [0.29, 0.717) is 23.9 Å². The summed E-state index contributed by atoms with van der Waals surface area (Å²) in [5.41, 5.74) is 3.28. The third kappa shape index (κ3) is 4.76. The maximum absolute atomic E-state index is 12.7. The lowest BCUT2D eigenvalue weighted by Crippen LogP contribution is -2.38. The summed E-state index contributed by atoms with van der Waals surface area (Å²) in [4.78, 5) is 41.9. The minimum absolute atomic E-state index is 0.0205. The topological polar surface area (TPSA) is 86.0 Å². The molecule has 0 unspecified atom stereocenters. The second-order valence-electron chi connectivity index (χ2n) is 8.20. The molecular formula is C24H30N4O3. The van der Waals surface area contributed by atoms with Crippen molar-refractivity contribution in [1.82, 2.24) is 19.4 Å². The molecule has 0 aliphatic rings. The number of nitrogens with zero attached hydrogens (tertiary/aromatic N) is 3. The van der Waals surface area contributed by atoms with Gasteiger partial charge in [0.1, 0.15) is 5.65 Å². The molecule has 3 aromatic rings. The SMILES string of the molecule is Cc1nc2c(c(C)c1CCC(=O)N[C@H](C)CCc1ccccc1)c(=O)n(C)c(=O)n2C. The molecule has 1 N–H and O–H groups in total. The van der Waals surface area contributed by atoms with E-state index in [0.717, 1.165) is 34.2 Å². The average molecular weight is 423 g/mol. The first kappa shape index (κ1) is 22.5. The zero-order chi connectivity index (χ0) is 22.7. The Kier molecular flexibility index (Phi) is 6.73. The fraction of sp³-hybridized carbons (Fsp3) is 0.417. The van der Waals surface area contributed by atoms with Gasteiger partial charge in [0.15, 0.2) is 0 Å². The lowest BCUT2D eigenvalue weighted by atomic mass is 9.99. The third-order valence-electron chi connectivity index (χ3n) is 5.89. The zero-order valence-corrected chi connectivity index (χ0v) is 18.9. The van der Waals surface area contributed by atoms with Crippen LogP contribution in [0.2, 0.25) is 0 Å². The van der Waals surface area contributed by atoms with Crippen molar-refractivity contribution in [2.45, 2.75) is 52.5 Å². The average Bonchev–Trinajstić information content (AvgIpc) is 2.75. The van der Waals surface area contributed by atoms with Crippen molar-refractivity contribution in [3.8, 4) is 0 Å². The number of nitrogens with one attached hydrogen (secondary N) is 1. The van der Waals surface area contributed by atoms with E-state index in [2.05, 4.69) is 22.4 Å². The lowest BCUT2D eigenvalue weighted by Gasteiger charge is -2.16. The number of rotatable bonds is 7.